The highest BCUT2D eigenvalue weighted by Crippen LogP contribution is 2.34. The van der Waals surface area contributed by atoms with Gasteiger partial charge in [-0.1, -0.05) is 16.8 Å². The van der Waals surface area contributed by atoms with Crippen LogP contribution in [0.15, 0.2) is 53.4 Å². The number of hydrogen-bond acceptors (Lipinski definition) is 7. The summed E-state index contributed by atoms with van der Waals surface area (Å²) < 4.78 is 5.59. The van der Waals surface area contributed by atoms with Crippen LogP contribution < -0.4 is 0 Å². The smallest absolute Gasteiger partial charge is 0.256 e. The van der Waals surface area contributed by atoms with Crippen molar-refractivity contribution >= 4 is 5.91 Å². The van der Waals surface area contributed by atoms with Crippen molar-refractivity contribution in [3.8, 4) is 17.1 Å². The van der Waals surface area contributed by atoms with Gasteiger partial charge in [-0.25, -0.2) is 0 Å². The molecule has 156 valence electrons. The number of carbonyl (C=O) groups is 1. The van der Waals surface area contributed by atoms with Gasteiger partial charge in [-0.05, 0) is 51.0 Å². The fourth-order valence-electron chi connectivity index (χ4n) is 3.96. The number of amides is 1. The lowest BCUT2D eigenvalue weighted by Crippen LogP contribution is -2.31. The van der Waals surface area contributed by atoms with Gasteiger partial charge in [0.25, 0.3) is 5.91 Å². The summed E-state index contributed by atoms with van der Waals surface area (Å²) in [6.07, 6.45) is 6.53. The molecule has 1 saturated heterocycles. The Morgan fingerprint density at radius 3 is 2.77 bits per heavy atom. The van der Waals surface area contributed by atoms with Gasteiger partial charge in [-0.2, -0.15) is 20.0 Å². The van der Waals surface area contributed by atoms with Crippen LogP contribution >= 0.6 is 0 Å². The van der Waals surface area contributed by atoms with Crippen molar-refractivity contribution in [2.24, 2.45) is 0 Å². The summed E-state index contributed by atoms with van der Waals surface area (Å²) in [7, 11) is 0. The van der Waals surface area contributed by atoms with Crippen molar-refractivity contribution in [3.05, 3.63) is 71.6 Å². The zero-order valence-corrected chi connectivity index (χ0v) is 17.3. The van der Waals surface area contributed by atoms with Gasteiger partial charge in [0.15, 0.2) is 0 Å². The standard InChI is InChI=1S/C22H21N7O2/c1-14-7-8-18(29-24-10-11-25-29)17(13-14)22(30)28-12-4-6-19(28)21-26-20(27-31-21)16-5-3-9-23-15(16)2/h3,5,7-11,13,19H,4,6,12H2,1-2H3. The number of likely N-dealkylation sites (tertiary alicyclic amines) is 1. The highest BCUT2D eigenvalue weighted by Gasteiger charge is 2.36. The van der Waals surface area contributed by atoms with Gasteiger partial charge in [0.1, 0.15) is 6.04 Å². The molecule has 9 nitrogen and oxygen atoms in total. The zero-order chi connectivity index (χ0) is 21.4. The topological polar surface area (TPSA) is 103 Å². The second-order valence-electron chi connectivity index (χ2n) is 7.59. The molecule has 0 saturated carbocycles. The third kappa shape index (κ3) is 3.48. The number of aromatic nitrogens is 6. The Balaban J connectivity index is 1.48. The Bertz CT molecular complexity index is 1230. The normalized spacial score (nSPS) is 16.1. The molecule has 9 heteroatoms. The number of benzene rings is 1. The van der Waals surface area contributed by atoms with E-state index in [1.807, 2.05) is 44.2 Å². The van der Waals surface area contributed by atoms with E-state index in [9.17, 15) is 4.79 Å². The maximum Gasteiger partial charge on any atom is 0.256 e. The molecule has 1 unspecified atom stereocenters. The molecule has 0 spiro atoms. The van der Waals surface area contributed by atoms with Crippen LogP contribution in [-0.2, 0) is 0 Å². The van der Waals surface area contributed by atoms with Crippen molar-refractivity contribution < 1.29 is 9.32 Å². The van der Waals surface area contributed by atoms with Gasteiger partial charge in [-0.3, -0.25) is 9.78 Å². The number of aryl methyl sites for hydroxylation is 2. The van der Waals surface area contributed by atoms with Gasteiger partial charge in [0.05, 0.1) is 23.6 Å². The van der Waals surface area contributed by atoms with E-state index >= 15 is 0 Å². The van der Waals surface area contributed by atoms with Gasteiger partial charge in [-0.15, -0.1) is 0 Å². The van der Waals surface area contributed by atoms with Crippen LogP contribution in [0.25, 0.3) is 17.1 Å². The summed E-state index contributed by atoms with van der Waals surface area (Å²) in [5, 5.41) is 12.5. The molecule has 4 heterocycles. The van der Waals surface area contributed by atoms with Crippen LogP contribution in [0.2, 0.25) is 0 Å². The molecular weight excluding hydrogens is 394 g/mol. The van der Waals surface area contributed by atoms with Gasteiger partial charge in [0, 0.05) is 24.0 Å². The highest BCUT2D eigenvalue weighted by molar-refractivity contribution is 5.98. The van der Waals surface area contributed by atoms with Crippen molar-refractivity contribution in [2.45, 2.75) is 32.7 Å². The summed E-state index contributed by atoms with van der Waals surface area (Å²) in [4.78, 5) is 25.7. The molecule has 0 N–H and O–H groups in total. The van der Waals surface area contributed by atoms with E-state index in [2.05, 4.69) is 25.3 Å². The first-order chi connectivity index (χ1) is 15.1. The first-order valence-corrected chi connectivity index (χ1v) is 10.2. The van der Waals surface area contributed by atoms with Crippen molar-refractivity contribution in [1.29, 1.82) is 0 Å². The van der Waals surface area contributed by atoms with E-state index in [0.717, 1.165) is 29.7 Å². The molecule has 4 aromatic rings. The molecule has 0 bridgehead atoms. The second kappa shape index (κ2) is 7.75. The van der Waals surface area contributed by atoms with E-state index < -0.39 is 0 Å². The lowest BCUT2D eigenvalue weighted by molar-refractivity contribution is 0.0709. The van der Waals surface area contributed by atoms with E-state index in [1.54, 1.807) is 23.5 Å². The van der Waals surface area contributed by atoms with Crippen molar-refractivity contribution in [3.63, 3.8) is 0 Å². The van der Waals surface area contributed by atoms with Crippen molar-refractivity contribution in [2.75, 3.05) is 6.54 Å². The molecule has 1 atom stereocenters. The van der Waals surface area contributed by atoms with E-state index in [-0.39, 0.29) is 11.9 Å². The summed E-state index contributed by atoms with van der Waals surface area (Å²) >= 11 is 0. The van der Waals surface area contributed by atoms with E-state index in [4.69, 9.17) is 4.52 Å². The van der Waals surface area contributed by atoms with Crippen LogP contribution in [0.3, 0.4) is 0 Å². The van der Waals surface area contributed by atoms with Crippen LogP contribution in [-0.4, -0.2) is 47.5 Å². The minimum absolute atomic E-state index is 0.101. The molecule has 1 aliphatic rings. The quantitative estimate of drug-likeness (QED) is 0.504. The Morgan fingerprint density at radius 1 is 1.13 bits per heavy atom. The number of rotatable bonds is 4. The molecule has 1 amide bonds. The van der Waals surface area contributed by atoms with E-state index in [0.29, 0.717) is 29.5 Å². The van der Waals surface area contributed by atoms with Gasteiger partial charge < -0.3 is 9.42 Å². The predicted molar refractivity (Wildman–Crippen MR) is 111 cm³/mol. The largest absolute Gasteiger partial charge is 0.337 e. The molecule has 1 aliphatic heterocycles. The number of hydrogen-bond donors (Lipinski definition) is 0. The lowest BCUT2D eigenvalue weighted by atomic mass is 10.1. The van der Waals surface area contributed by atoms with Crippen LogP contribution in [0.4, 0.5) is 0 Å². The average molecular weight is 415 g/mol. The maximum atomic E-state index is 13.6. The SMILES string of the molecule is Cc1ccc(-n2nccn2)c(C(=O)N2CCCC2c2nc(-c3cccnc3C)no2)c1. The Morgan fingerprint density at radius 2 is 1.97 bits per heavy atom. The summed E-state index contributed by atoms with van der Waals surface area (Å²) in [5.74, 6) is 0.822. The minimum atomic E-state index is -0.273. The molecule has 0 aliphatic carbocycles. The zero-order valence-electron chi connectivity index (χ0n) is 17.3. The van der Waals surface area contributed by atoms with Crippen LogP contribution in [0.5, 0.6) is 0 Å². The molecule has 1 fully saturated rings. The summed E-state index contributed by atoms with van der Waals surface area (Å²) in [6.45, 7) is 4.48. The molecular formula is C22H21N7O2. The fourth-order valence-corrected chi connectivity index (χ4v) is 3.96. The third-order valence-electron chi connectivity index (χ3n) is 5.50. The highest BCUT2D eigenvalue weighted by atomic mass is 16.5. The average Bonchev–Trinajstić information content (AvgIpc) is 3.54. The first-order valence-electron chi connectivity index (χ1n) is 10.2. The van der Waals surface area contributed by atoms with Gasteiger partial charge >= 0.3 is 0 Å². The molecule has 0 radical (unpaired) electrons. The first kappa shape index (κ1) is 19.1. The maximum absolute atomic E-state index is 13.6. The molecule has 5 rings (SSSR count). The fraction of sp³-hybridized carbons (Fsp3) is 0.273. The van der Waals surface area contributed by atoms with Crippen LogP contribution in [0.1, 0.15) is 46.4 Å². The van der Waals surface area contributed by atoms with Crippen molar-refractivity contribution in [1.82, 2.24) is 35.0 Å². The van der Waals surface area contributed by atoms with Gasteiger partial charge in [0.2, 0.25) is 11.7 Å². The predicted octanol–water partition coefficient (Wildman–Crippen LogP) is 3.31. The molecule has 31 heavy (non-hydrogen) atoms. The number of pyridine rings is 1. The third-order valence-corrected chi connectivity index (χ3v) is 5.50. The lowest BCUT2D eigenvalue weighted by Gasteiger charge is -2.23. The number of nitrogens with zero attached hydrogens (tertiary/aromatic N) is 7. The van der Waals surface area contributed by atoms with Crippen LogP contribution in [0, 0.1) is 13.8 Å². The van der Waals surface area contributed by atoms with E-state index in [1.165, 1.54) is 4.80 Å². The summed E-state index contributed by atoms with van der Waals surface area (Å²) in [6, 6.07) is 9.15. The molecule has 3 aromatic heterocycles. The second-order valence-corrected chi connectivity index (χ2v) is 7.59. The Kier molecular flexibility index (Phi) is 4.78. The number of carbonyl (C=O) groups excluding carboxylic acids is 1. The minimum Gasteiger partial charge on any atom is -0.337 e. The Labute approximate surface area is 178 Å². The monoisotopic (exact) mass is 415 g/mol. The Hall–Kier alpha value is -3.88. The summed E-state index contributed by atoms with van der Waals surface area (Å²) in [5.41, 5.74) is 3.82. The molecule has 1 aromatic carbocycles.